The maximum Gasteiger partial charge on any atom is 0.250 e. The Bertz CT molecular complexity index is 913. The highest BCUT2D eigenvalue weighted by Crippen LogP contribution is 2.23. The summed E-state index contributed by atoms with van der Waals surface area (Å²) in [4.78, 5) is 4.14. The largest absolute Gasteiger partial charge is 0.361 e. The zero-order valence-corrected chi connectivity index (χ0v) is 14.3. The van der Waals surface area contributed by atoms with Gasteiger partial charge in [-0.25, -0.2) is 13.1 Å². The number of thiophene rings is 1. The molecule has 7 heteroatoms. The van der Waals surface area contributed by atoms with Gasteiger partial charge in [0.25, 0.3) is 0 Å². The van der Waals surface area contributed by atoms with Gasteiger partial charge in [0, 0.05) is 33.5 Å². The minimum absolute atomic E-state index is 0.346. The van der Waals surface area contributed by atoms with Crippen molar-refractivity contribution in [1.82, 2.24) is 9.71 Å². The number of aromatic amines is 1. The smallest absolute Gasteiger partial charge is 0.250 e. The number of halogens is 1. The van der Waals surface area contributed by atoms with Crippen molar-refractivity contribution in [2.75, 3.05) is 6.54 Å². The van der Waals surface area contributed by atoms with Crippen LogP contribution in [0.15, 0.2) is 40.7 Å². The maximum atomic E-state index is 12.2. The molecule has 0 unspecified atom stereocenters. The van der Waals surface area contributed by atoms with Crippen molar-refractivity contribution in [3.63, 3.8) is 0 Å². The lowest BCUT2D eigenvalue weighted by Gasteiger charge is -2.04. The number of H-pyrrole nitrogens is 1. The van der Waals surface area contributed by atoms with Crippen LogP contribution in [-0.2, 0) is 16.4 Å². The summed E-state index contributed by atoms with van der Waals surface area (Å²) < 4.78 is 27.3. The van der Waals surface area contributed by atoms with Crippen LogP contribution in [0, 0.1) is 6.92 Å². The first kappa shape index (κ1) is 15.6. The Morgan fingerprint density at radius 2 is 2.09 bits per heavy atom. The molecule has 0 aliphatic rings. The predicted molar refractivity (Wildman–Crippen MR) is 91.3 cm³/mol. The molecule has 0 aliphatic heterocycles. The summed E-state index contributed by atoms with van der Waals surface area (Å²) in [5.41, 5.74) is 2.04. The summed E-state index contributed by atoms with van der Waals surface area (Å²) in [7, 11) is -3.42. The average Bonchev–Trinajstić information content (AvgIpc) is 3.06. The van der Waals surface area contributed by atoms with Crippen molar-refractivity contribution in [2.45, 2.75) is 17.6 Å². The highest BCUT2D eigenvalue weighted by atomic mass is 35.5. The lowest BCUT2D eigenvalue weighted by atomic mass is 10.1. The van der Waals surface area contributed by atoms with E-state index in [1.54, 1.807) is 12.1 Å². The zero-order chi connectivity index (χ0) is 15.7. The Hall–Kier alpha value is -1.34. The van der Waals surface area contributed by atoms with Gasteiger partial charge in [-0.2, -0.15) is 0 Å². The molecule has 2 aromatic heterocycles. The number of aromatic nitrogens is 1. The molecular formula is C15H15ClN2O2S2. The SMILES string of the molecule is Cc1ccc(S(=O)(=O)NCCc2c[nH]c3ccc(Cl)cc23)s1. The molecule has 0 aliphatic carbocycles. The molecule has 0 radical (unpaired) electrons. The fraction of sp³-hybridized carbons (Fsp3) is 0.200. The van der Waals surface area contributed by atoms with Crippen LogP contribution in [0.25, 0.3) is 10.9 Å². The summed E-state index contributed by atoms with van der Waals surface area (Å²) in [6.07, 6.45) is 2.49. The van der Waals surface area contributed by atoms with Crippen LogP contribution in [0.5, 0.6) is 0 Å². The average molecular weight is 355 g/mol. The summed E-state index contributed by atoms with van der Waals surface area (Å²) >= 11 is 7.29. The van der Waals surface area contributed by atoms with Crippen molar-refractivity contribution in [3.8, 4) is 0 Å². The normalized spacial score (nSPS) is 12.1. The van der Waals surface area contributed by atoms with Crippen molar-refractivity contribution in [1.29, 1.82) is 0 Å². The Morgan fingerprint density at radius 1 is 1.27 bits per heavy atom. The number of hydrogen-bond acceptors (Lipinski definition) is 3. The van der Waals surface area contributed by atoms with E-state index in [2.05, 4.69) is 9.71 Å². The predicted octanol–water partition coefficient (Wildman–Crippen LogP) is 3.71. The van der Waals surface area contributed by atoms with E-state index in [1.165, 1.54) is 11.3 Å². The second-order valence-electron chi connectivity index (χ2n) is 5.02. The van der Waals surface area contributed by atoms with Crippen molar-refractivity contribution in [2.24, 2.45) is 0 Å². The van der Waals surface area contributed by atoms with Gasteiger partial charge in [0.2, 0.25) is 10.0 Å². The minimum Gasteiger partial charge on any atom is -0.361 e. The summed E-state index contributed by atoms with van der Waals surface area (Å²) in [5.74, 6) is 0. The Morgan fingerprint density at radius 3 is 2.82 bits per heavy atom. The lowest BCUT2D eigenvalue weighted by Crippen LogP contribution is -2.25. The van der Waals surface area contributed by atoms with Crippen LogP contribution in [0.4, 0.5) is 0 Å². The van der Waals surface area contributed by atoms with Gasteiger partial charge in [0.1, 0.15) is 4.21 Å². The number of nitrogens with one attached hydrogen (secondary N) is 2. The fourth-order valence-corrected chi connectivity index (χ4v) is 4.84. The fourth-order valence-electron chi connectivity index (χ4n) is 2.31. The molecule has 0 fully saturated rings. The van der Waals surface area contributed by atoms with Gasteiger partial charge >= 0.3 is 0 Å². The van der Waals surface area contributed by atoms with E-state index in [1.807, 2.05) is 31.3 Å². The van der Waals surface area contributed by atoms with E-state index in [4.69, 9.17) is 11.6 Å². The van der Waals surface area contributed by atoms with Gasteiger partial charge in [0.05, 0.1) is 0 Å². The third-order valence-electron chi connectivity index (χ3n) is 3.40. The second kappa shape index (κ2) is 6.04. The molecule has 2 heterocycles. The number of benzene rings is 1. The van der Waals surface area contributed by atoms with Crippen LogP contribution in [0.3, 0.4) is 0 Å². The Kier molecular flexibility index (Phi) is 4.27. The van der Waals surface area contributed by atoms with Crippen LogP contribution < -0.4 is 4.72 Å². The monoisotopic (exact) mass is 354 g/mol. The number of aryl methyl sites for hydroxylation is 1. The van der Waals surface area contributed by atoms with Gasteiger partial charge < -0.3 is 4.98 Å². The summed E-state index contributed by atoms with van der Waals surface area (Å²) in [6, 6.07) is 9.07. The first-order chi connectivity index (χ1) is 10.5. The molecule has 0 saturated heterocycles. The molecule has 0 amide bonds. The molecule has 116 valence electrons. The minimum atomic E-state index is -3.42. The molecule has 3 aromatic rings. The van der Waals surface area contributed by atoms with E-state index < -0.39 is 10.0 Å². The highest BCUT2D eigenvalue weighted by molar-refractivity contribution is 7.91. The number of rotatable bonds is 5. The lowest BCUT2D eigenvalue weighted by molar-refractivity contribution is 0.584. The topological polar surface area (TPSA) is 62.0 Å². The Labute approximate surface area is 138 Å². The number of hydrogen-bond donors (Lipinski definition) is 2. The van der Waals surface area contributed by atoms with Gasteiger partial charge in [-0.1, -0.05) is 11.6 Å². The first-order valence-electron chi connectivity index (χ1n) is 6.77. The van der Waals surface area contributed by atoms with Crippen LogP contribution in [0.1, 0.15) is 10.4 Å². The summed E-state index contributed by atoms with van der Waals surface area (Å²) in [6.45, 7) is 2.23. The standard InChI is InChI=1S/C15H15ClN2O2S2/c1-10-2-5-15(21-10)22(19,20)18-7-6-11-9-17-14-4-3-12(16)8-13(11)14/h2-5,8-9,17-18H,6-7H2,1H3. The molecule has 22 heavy (non-hydrogen) atoms. The van der Waals surface area contributed by atoms with Gasteiger partial charge in [-0.3, -0.25) is 0 Å². The highest BCUT2D eigenvalue weighted by Gasteiger charge is 2.15. The molecule has 4 nitrogen and oxygen atoms in total. The zero-order valence-electron chi connectivity index (χ0n) is 11.9. The van der Waals surface area contributed by atoms with E-state index in [-0.39, 0.29) is 0 Å². The summed E-state index contributed by atoms with van der Waals surface area (Å²) in [5, 5.41) is 1.70. The number of sulfonamides is 1. The first-order valence-corrected chi connectivity index (χ1v) is 9.45. The van der Waals surface area contributed by atoms with Crippen LogP contribution in [0.2, 0.25) is 5.02 Å². The maximum absolute atomic E-state index is 12.2. The van der Waals surface area contributed by atoms with Gasteiger partial charge in [0.15, 0.2) is 0 Å². The number of fused-ring (bicyclic) bond motifs is 1. The molecule has 0 atom stereocenters. The molecule has 1 aromatic carbocycles. The van der Waals surface area contributed by atoms with E-state index in [0.717, 1.165) is 21.3 Å². The Balaban J connectivity index is 1.71. The van der Waals surface area contributed by atoms with Crippen LogP contribution in [-0.4, -0.2) is 19.9 Å². The van der Waals surface area contributed by atoms with Crippen molar-refractivity contribution in [3.05, 3.63) is 52.0 Å². The third kappa shape index (κ3) is 3.20. The van der Waals surface area contributed by atoms with Crippen LogP contribution >= 0.6 is 22.9 Å². The molecule has 2 N–H and O–H groups in total. The molecule has 0 spiro atoms. The third-order valence-corrected chi connectivity index (χ3v) is 6.59. The second-order valence-corrected chi connectivity index (χ2v) is 8.73. The molecule has 0 bridgehead atoms. The molecular weight excluding hydrogens is 340 g/mol. The van der Waals surface area contributed by atoms with E-state index in [9.17, 15) is 8.42 Å². The van der Waals surface area contributed by atoms with Crippen molar-refractivity contribution < 1.29 is 8.42 Å². The van der Waals surface area contributed by atoms with Gasteiger partial charge in [-0.05, 0) is 49.2 Å². The van der Waals surface area contributed by atoms with E-state index in [0.29, 0.717) is 22.2 Å². The van der Waals surface area contributed by atoms with Gasteiger partial charge in [-0.15, -0.1) is 11.3 Å². The molecule has 3 rings (SSSR count). The quantitative estimate of drug-likeness (QED) is 0.733. The van der Waals surface area contributed by atoms with E-state index >= 15 is 0 Å². The van der Waals surface area contributed by atoms with Crippen molar-refractivity contribution >= 4 is 43.9 Å². The molecule has 0 saturated carbocycles.